The molecule has 2 fully saturated rings. The molecule has 1 aliphatic carbocycles. The number of rotatable bonds is 6. The molecule has 154 valence electrons. The highest BCUT2D eigenvalue weighted by molar-refractivity contribution is 7.14. The van der Waals surface area contributed by atoms with Gasteiger partial charge in [0.25, 0.3) is 5.89 Å². The Labute approximate surface area is 176 Å². The molecule has 0 radical (unpaired) electrons. The minimum absolute atomic E-state index is 0.0834. The number of nitrogens with zero attached hydrogens (tertiary/aromatic N) is 3. The van der Waals surface area contributed by atoms with Crippen molar-refractivity contribution in [2.75, 3.05) is 23.9 Å². The van der Waals surface area contributed by atoms with Crippen LogP contribution in [0.2, 0.25) is 0 Å². The summed E-state index contributed by atoms with van der Waals surface area (Å²) in [5, 5.41) is 8.86. The van der Waals surface area contributed by atoms with E-state index in [0.717, 1.165) is 29.2 Å². The minimum atomic E-state index is -0.443. The normalized spacial score (nSPS) is 18.6. The van der Waals surface area contributed by atoms with Crippen LogP contribution in [-0.2, 0) is 9.59 Å². The molecule has 1 aromatic carbocycles. The summed E-state index contributed by atoms with van der Waals surface area (Å²) < 4.78 is 10.6. The van der Waals surface area contributed by atoms with Crippen LogP contribution in [0.15, 0.2) is 40.2 Å². The van der Waals surface area contributed by atoms with E-state index in [1.54, 1.807) is 18.1 Å². The minimum Gasteiger partial charge on any atom is -0.497 e. The van der Waals surface area contributed by atoms with Gasteiger partial charge >= 0.3 is 0 Å². The Morgan fingerprint density at radius 1 is 1.33 bits per heavy atom. The number of hydrogen-bond donors (Lipinski definition) is 1. The second kappa shape index (κ2) is 7.56. The van der Waals surface area contributed by atoms with E-state index in [2.05, 4.69) is 15.5 Å². The summed E-state index contributed by atoms with van der Waals surface area (Å²) in [6, 6.07) is 9.09. The van der Waals surface area contributed by atoms with E-state index in [1.165, 1.54) is 11.3 Å². The summed E-state index contributed by atoms with van der Waals surface area (Å²) in [6.45, 7) is 0.323. The molecule has 3 heterocycles. The van der Waals surface area contributed by atoms with Crippen molar-refractivity contribution in [3.05, 3.63) is 41.5 Å². The van der Waals surface area contributed by atoms with Crippen LogP contribution in [0.4, 0.5) is 11.4 Å². The van der Waals surface area contributed by atoms with Crippen LogP contribution in [0.25, 0.3) is 10.8 Å². The molecule has 2 amide bonds. The van der Waals surface area contributed by atoms with E-state index in [0.29, 0.717) is 29.8 Å². The van der Waals surface area contributed by atoms with Crippen LogP contribution >= 0.6 is 11.3 Å². The van der Waals surface area contributed by atoms with E-state index in [-0.39, 0.29) is 18.2 Å². The average molecular weight is 424 g/mol. The largest absolute Gasteiger partial charge is 0.497 e. The van der Waals surface area contributed by atoms with Crippen molar-refractivity contribution in [3.8, 4) is 16.5 Å². The zero-order chi connectivity index (χ0) is 20.7. The van der Waals surface area contributed by atoms with Gasteiger partial charge in [0.05, 0.1) is 18.7 Å². The first-order valence-electron chi connectivity index (χ1n) is 9.79. The number of nitrogens with one attached hydrogen (secondary N) is 1. The first kappa shape index (κ1) is 18.8. The monoisotopic (exact) mass is 424 g/mol. The van der Waals surface area contributed by atoms with Gasteiger partial charge < -0.3 is 19.5 Å². The van der Waals surface area contributed by atoms with Crippen molar-refractivity contribution < 1.29 is 18.8 Å². The lowest BCUT2D eigenvalue weighted by Gasteiger charge is -2.17. The van der Waals surface area contributed by atoms with Crippen molar-refractivity contribution in [1.29, 1.82) is 0 Å². The maximum atomic E-state index is 12.9. The fourth-order valence-electron chi connectivity index (χ4n) is 3.55. The number of methoxy groups -OCH3 is 1. The lowest BCUT2D eigenvalue weighted by molar-refractivity contribution is -0.122. The first-order valence-corrected chi connectivity index (χ1v) is 10.7. The van der Waals surface area contributed by atoms with Crippen LogP contribution in [0.3, 0.4) is 0 Å². The molecule has 0 bridgehead atoms. The summed E-state index contributed by atoms with van der Waals surface area (Å²) in [4.78, 5) is 32.2. The Morgan fingerprint density at radius 3 is 3.00 bits per heavy atom. The SMILES string of the molecule is COc1cccc(N2CC(C(=O)Nc3ccsc3-c3nc(C4CC4)no3)CC2=O)c1. The average Bonchev–Trinajstić information content (AvgIpc) is 3.14. The highest BCUT2D eigenvalue weighted by Crippen LogP contribution is 2.40. The summed E-state index contributed by atoms with van der Waals surface area (Å²) >= 11 is 1.43. The zero-order valence-corrected chi connectivity index (χ0v) is 17.1. The maximum Gasteiger partial charge on any atom is 0.270 e. The molecular weight excluding hydrogens is 404 g/mol. The highest BCUT2D eigenvalue weighted by Gasteiger charge is 2.36. The topological polar surface area (TPSA) is 97.6 Å². The number of thiophene rings is 1. The van der Waals surface area contributed by atoms with Crippen molar-refractivity contribution in [2.45, 2.75) is 25.2 Å². The fraction of sp³-hybridized carbons (Fsp3) is 0.333. The number of amides is 2. The van der Waals surface area contributed by atoms with E-state index < -0.39 is 5.92 Å². The number of ether oxygens (including phenoxy) is 1. The molecule has 3 aromatic rings. The third-order valence-corrected chi connectivity index (χ3v) is 6.26. The third kappa shape index (κ3) is 3.56. The highest BCUT2D eigenvalue weighted by atomic mass is 32.1. The second-order valence-corrected chi connectivity index (χ2v) is 8.41. The number of carbonyl (C=O) groups is 2. The molecule has 8 nitrogen and oxygen atoms in total. The second-order valence-electron chi connectivity index (χ2n) is 7.49. The molecule has 1 unspecified atom stereocenters. The molecule has 1 N–H and O–H groups in total. The van der Waals surface area contributed by atoms with Crippen LogP contribution < -0.4 is 15.0 Å². The summed E-state index contributed by atoms with van der Waals surface area (Å²) in [7, 11) is 1.58. The van der Waals surface area contributed by atoms with E-state index in [4.69, 9.17) is 9.26 Å². The lowest BCUT2D eigenvalue weighted by Crippen LogP contribution is -2.28. The molecule has 0 spiro atoms. The van der Waals surface area contributed by atoms with E-state index >= 15 is 0 Å². The van der Waals surface area contributed by atoms with Crippen molar-refractivity contribution in [3.63, 3.8) is 0 Å². The van der Waals surface area contributed by atoms with E-state index in [9.17, 15) is 9.59 Å². The zero-order valence-electron chi connectivity index (χ0n) is 16.3. The Balaban J connectivity index is 1.29. The summed E-state index contributed by atoms with van der Waals surface area (Å²) in [6.07, 6.45) is 2.34. The fourth-order valence-corrected chi connectivity index (χ4v) is 4.32. The molecule has 1 saturated carbocycles. The van der Waals surface area contributed by atoms with Crippen molar-refractivity contribution >= 4 is 34.5 Å². The van der Waals surface area contributed by atoms with Gasteiger partial charge in [-0.2, -0.15) is 4.98 Å². The van der Waals surface area contributed by atoms with Crippen LogP contribution in [0.1, 0.15) is 31.0 Å². The lowest BCUT2D eigenvalue weighted by atomic mass is 10.1. The van der Waals surface area contributed by atoms with Gasteiger partial charge in [-0.25, -0.2) is 0 Å². The van der Waals surface area contributed by atoms with E-state index in [1.807, 2.05) is 29.6 Å². The Bertz CT molecular complexity index is 1100. The van der Waals surface area contributed by atoms with Gasteiger partial charge in [0.15, 0.2) is 5.82 Å². The third-order valence-electron chi connectivity index (χ3n) is 5.36. The number of aromatic nitrogens is 2. The molecule has 1 aliphatic heterocycles. The number of benzene rings is 1. The Morgan fingerprint density at radius 2 is 2.20 bits per heavy atom. The number of hydrogen-bond acceptors (Lipinski definition) is 7. The molecule has 1 atom stereocenters. The van der Waals surface area contributed by atoms with Gasteiger partial charge in [-0.05, 0) is 36.4 Å². The van der Waals surface area contributed by atoms with Crippen LogP contribution in [0.5, 0.6) is 5.75 Å². The van der Waals surface area contributed by atoms with Crippen molar-refractivity contribution in [1.82, 2.24) is 10.1 Å². The smallest absolute Gasteiger partial charge is 0.270 e. The first-order chi connectivity index (χ1) is 14.6. The van der Waals surface area contributed by atoms with Gasteiger partial charge in [0, 0.05) is 30.6 Å². The molecular formula is C21H20N4O4S. The maximum absolute atomic E-state index is 12.9. The van der Waals surface area contributed by atoms with Crippen LogP contribution in [0, 0.1) is 5.92 Å². The predicted molar refractivity (Wildman–Crippen MR) is 112 cm³/mol. The standard InChI is InChI=1S/C21H20N4O4S/c1-28-15-4-2-3-14(10-15)25-11-13(9-17(25)26)20(27)22-16-7-8-30-18(16)21-23-19(24-29-21)12-5-6-12/h2-4,7-8,10,12-13H,5-6,9,11H2,1H3,(H,22,27). The van der Waals surface area contributed by atoms with Gasteiger partial charge in [0.1, 0.15) is 10.6 Å². The van der Waals surface area contributed by atoms with Crippen LogP contribution in [-0.4, -0.2) is 35.6 Å². The van der Waals surface area contributed by atoms with Gasteiger partial charge in [0.2, 0.25) is 11.8 Å². The number of carbonyl (C=O) groups excluding carboxylic acids is 2. The molecule has 5 rings (SSSR count). The molecule has 2 aromatic heterocycles. The molecule has 2 aliphatic rings. The van der Waals surface area contributed by atoms with Crippen molar-refractivity contribution in [2.24, 2.45) is 5.92 Å². The number of anilines is 2. The van der Waals surface area contributed by atoms with Gasteiger partial charge in [-0.1, -0.05) is 11.2 Å². The summed E-state index contributed by atoms with van der Waals surface area (Å²) in [5.74, 6) is 1.49. The Hall–Kier alpha value is -3.20. The molecule has 30 heavy (non-hydrogen) atoms. The van der Waals surface area contributed by atoms with Gasteiger partial charge in [-0.3, -0.25) is 9.59 Å². The predicted octanol–water partition coefficient (Wildman–Crippen LogP) is 3.68. The Kier molecular flexibility index (Phi) is 4.74. The van der Waals surface area contributed by atoms with Gasteiger partial charge in [-0.15, -0.1) is 11.3 Å². The molecule has 1 saturated heterocycles. The molecule has 9 heteroatoms. The summed E-state index contributed by atoms with van der Waals surface area (Å²) in [5.41, 5.74) is 1.35. The quantitative estimate of drug-likeness (QED) is 0.648.